The molecule has 7 nitrogen and oxygen atoms in total. The van der Waals surface area contributed by atoms with Crippen molar-refractivity contribution < 1.29 is 9.53 Å². The Kier molecular flexibility index (Phi) is 7.80. The maximum absolute atomic E-state index is 11.8. The van der Waals surface area contributed by atoms with Crippen molar-refractivity contribution in [2.75, 3.05) is 38.2 Å². The first-order chi connectivity index (χ1) is 14.9. The molecule has 0 radical (unpaired) electrons. The van der Waals surface area contributed by atoms with Gasteiger partial charge in [0.1, 0.15) is 6.04 Å². The molecule has 1 aliphatic rings. The highest BCUT2D eigenvalue weighted by Crippen LogP contribution is 2.19. The minimum Gasteiger partial charge on any atom is -0.468 e. The van der Waals surface area contributed by atoms with E-state index in [4.69, 9.17) is 4.74 Å². The second kappa shape index (κ2) is 10.5. The van der Waals surface area contributed by atoms with Crippen molar-refractivity contribution in [1.29, 1.82) is 0 Å². The van der Waals surface area contributed by atoms with Gasteiger partial charge in [0, 0.05) is 73.9 Å². The number of hydrogen-bond acceptors (Lipinski definition) is 7. The third-order valence-corrected chi connectivity index (χ3v) is 6.18. The van der Waals surface area contributed by atoms with Crippen LogP contribution in [-0.4, -0.2) is 54.2 Å². The minimum absolute atomic E-state index is 0.00200. The molecule has 8 heteroatoms. The van der Waals surface area contributed by atoms with Gasteiger partial charge in [-0.05, 0) is 44.2 Å². The number of ether oxygens (including phenoxy) is 1. The van der Waals surface area contributed by atoms with E-state index >= 15 is 0 Å². The Bertz CT molecular complexity index is 1010. The SMILES string of the molecule is COC(=O)[C@@H](C)NSN1CCN(c2ccc(C#Cc3cc(C)c(=O)n(C)c3)cc2)CC1. The summed E-state index contributed by atoms with van der Waals surface area (Å²) in [6.07, 6.45) is 1.76. The van der Waals surface area contributed by atoms with Crippen LogP contribution in [0.15, 0.2) is 41.3 Å². The van der Waals surface area contributed by atoms with Gasteiger partial charge in [-0.2, -0.15) is 0 Å². The van der Waals surface area contributed by atoms with Gasteiger partial charge in [-0.15, -0.1) is 0 Å². The summed E-state index contributed by atoms with van der Waals surface area (Å²) in [5.41, 5.74) is 3.63. The second-order valence-electron chi connectivity index (χ2n) is 7.49. The van der Waals surface area contributed by atoms with E-state index in [1.54, 1.807) is 31.7 Å². The summed E-state index contributed by atoms with van der Waals surface area (Å²) in [4.78, 5) is 25.6. The van der Waals surface area contributed by atoms with Gasteiger partial charge in [-0.1, -0.05) is 11.8 Å². The lowest BCUT2D eigenvalue weighted by molar-refractivity contribution is -0.142. The average Bonchev–Trinajstić information content (AvgIpc) is 2.79. The van der Waals surface area contributed by atoms with Crippen LogP contribution >= 0.6 is 12.1 Å². The maximum atomic E-state index is 11.8. The molecule has 0 bridgehead atoms. The van der Waals surface area contributed by atoms with Gasteiger partial charge in [-0.25, -0.2) is 9.03 Å². The number of pyridine rings is 1. The highest BCUT2D eigenvalue weighted by molar-refractivity contribution is 7.95. The normalized spacial score (nSPS) is 15.2. The number of aryl methyl sites for hydroxylation is 2. The van der Waals surface area contributed by atoms with E-state index in [1.807, 2.05) is 18.2 Å². The maximum Gasteiger partial charge on any atom is 0.323 e. The molecule has 1 aliphatic heterocycles. The van der Waals surface area contributed by atoms with Crippen LogP contribution in [0.3, 0.4) is 0 Å². The van der Waals surface area contributed by atoms with E-state index in [-0.39, 0.29) is 17.6 Å². The summed E-state index contributed by atoms with van der Waals surface area (Å²) < 4.78 is 11.6. The first kappa shape index (κ1) is 22.9. The molecule has 0 amide bonds. The molecule has 164 valence electrons. The van der Waals surface area contributed by atoms with Crippen LogP contribution in [0, 0.1) is 18.8 Å². The molecule has 0 aliphatic carbocycles. The molecule has 1 fully saturated rings. The van der Waals surface area contributed by atoms with Gasteiger partial charge in [0.15, 0.2) is 0 Å². The predicted octanol–water partition coefficient (Wildman–Crippen LogP) is 1.93. The van der Waals surface area contributed by atoms with Crippen molar-refractivity contribution in [3.05, 3.63) is 63.6 Å². The van der Waals surface area contributed by atoms with Crippen LogP contribution in [0.4, 0.5) is 5.69 Å². The molecule has 3 rings (SSSR count). The van der Waals surface area contributed by atoms with Crippen molar-refractivity contribution in [3.8, 4) is 11.8 Å². The average molecular weight is 441 g/mol. The smallest absolute Gasteiger partial charge is 0.323 e. The monoisotopic (exact) mass is 440 g/mol. The fraction of sp³-hybridized carbons (Fsp3) is 0.391. The molecule has 31 heavy (non-hydrogen) atoms. The van der Waals surface area contributed by atoms with Gasteiger partial charge in [0.05, 0.1) is 7.11 Å². The lowest BCUT2D eigenvalue weighted by atomic mass is 10.1. The standard InChI is InChI=1S/C23H28N4O3S/c1-17-15-20(16-25(3)22(17)28)6-5-19-7-9-21(10-8-19)26-11-13-27(14-12-26)31-24-18(2)23(29)30-4/h7-10,15-16,18,24H,11-14H2,1-4H3/t18-/m1/s1. The number of carbonyl (C=O) groups excluding carboxylic acids is 1. The molecule has 0 unspecified atom stereocenters. The van der Waals surface area contributed by atoms with Crippen LogP contribution in [0.2, 0.25) is 0 Å². The van der Waals surface area contributed by atoms with E-state index in [2.05, 4.69) is 37.9 Å². The number of piperazine rings is 1. The van der Waals surface area contributed by atoms with Crippen LogP contribution in [0.1, 0.15) is 23.6 Å². The van der Waals surface area contributed by atoms with E-state index in [1.165, 1.54) is 24.9 Å². The quantitative estimate of drug-likeness (QED) is 0.433. The zero-order chi connectivity index (χ0) is 22.4. The Morgan fingerprint density at radius 2 is 1.77 bits per heavy atom. The van der Waals surface area contributed by atoms with Gasteiger partial charge >= 0.3 is 5.97 Å². The van der Waals surface area contributed by atoms with Gasteiger partial charge < -0.3 is 14.2 Å². The minimum atomic E-state index is -0.341. The molecule has 2 aromatic rings. The summed E-state index contributed by atoms with van der Waals surface area (Å²) >= 11 is 1.47. The molecule has 1 aromatic carbocycles. The first-order valence-corrected chi connectivity index (χ1v) is 10.9. The van der Waals surface area contributed by atoms with Crippen LogP contribution in [-0.2, 0) is 16.6 Å². The fourth-order valence-electron chi connectivity index (χ4n) is 3.26. The van der Waals surface area contributed by atoms with E-state index in [0.29, 0.717) is 5.56 Å². The lowest BCUT2D eigenvalue weighted by Gasteiger charge is -2.35. The van der Waals surface area contributed by atoms with Gasteiger partial charge in [-0.3, -0.25) is 9.59 Å². The van der Waals surface area contributed by atoms with Crippen molar-refractivity contribution in [2.45, 2.75) is 19.9 Å². The van der Waals surface area contributed by atoms with E-state index in [9.17, 15) is 9.59 Å². The van der Waals surface area contributed by atoms with Crippen LogP contribution in [0.25, 0.3) is 0 Å². The summed E-state index contributed by atoms with van der Waals surface area (Å²) in [5.74, 6) is 6.05. The number of nitrogens with one attached hydrogen (secondary N) is 1. The molecular formula is C23H28N4O3S. The lowest BCUT2D eigenvalue weighted by Crippen LogP contribution is -2.45. The topological polar surface area (TPSA) is 66.8 Å². The summed E-state index contributed by atoms with van der Waals surface area (Å²) in [7, 11) is 3.14. The van der Waals surface area contributed by atoms with Crippen molar-refractivity contribution in [2.24, 2.45) is 7.05 Å². The number of anilines is 1. The third-order valence-electron chi connectivity index (χ3n) is 5.10. The van der Waals surface area contributed by atoms with Crippen molar-refractivity contribution in [3.63, 3.8) is 0 Å². The molecule has 2 heterocycles. The van der Waals surface area contributed by atoms with Gasteiger partial charge in [0.25, 0.3) is 5.56 Å². The molecule has 1 aromatic heterocycles. The first-order valence-electron chi connectivity index (χ1n) is 10.2. The Labute approximate surface area is 187 Å². The van der Waals surface area contributed by atoms with E-state index < -0.39 is 0 Å². The molecular weight excluding hydrogens is 412 g/mol. The third kappa shape index (κ3) is 6.14. The number of benzene rings is 1. The highest BCUT2D eigenvalue weighted by Gasteiger charge is 2.20. The number of nitrogens with zero attached hydrogens (tertiary/aromatic N) is 3. The van der Waals surface area contributed by atoms with Crippen molar-refractivity contribution >= 4 is 23.8 Å². The largest absolute Gasteiger partial charge is 0.468 e. The number of aromatic nitrogens is 1. The van der Waals surface area contributed by atoms with E-state index in [0.717, 1.165) is 37.3 Å². The fourth-order valence-corrected chi connectivity index (χ4v) is 4.01. The number of carbonyl (C=O) groups is 1. The molecule has 0 saturated carbocycles. The Hall–Kier alpha value is -2.73. The molecule has 0 spiro atoms. The number of hydrogen-bond donors (Lipinski definition) is 1. The Morgan fingerprint density at radius 1 is 1.13 bits per heavy atom. The van der Waals surface area contributed by atoms with Gasteiger partial charge in [0.2, 0.25) is 0 Å². The van der Waals surface area contributed by atoms with Crippen molar-refractivity contribution in [1.82, 2.24) is 13.6 Å². The summed E-state index contributed by atoms with van der Waals surface area (Å²) in [5, 5.41) is 0. The second-order valence-corrected chi connectivity index (χ2v) is 8.43. The molecule has 1 N–H and O–H groups in total. The zero-order valence-corrected chi connectivity index (χ0v) is 19.2. The summed E-state index contributed by atoms with van der Waals surface area (Å²) in [6, 6.07) is 9.72. The molecule has 1 atom stereocenters. The number of esters is 1. The summed E-state index contributed by atoms with van der Waals surface area (Å²) in [6.45, 7) is 7.18. The Balaban J connectivity index is 1.54. The number of rotatable bonds is 5. The van der Waals surface area contributed by atoms with Crippen LogP contribution < -0.4 is 15.2 Å². The van der Waals surface area contributed by atoms with Crippen LogP contribution in [0.5, 0.6) is 0 Å². The number of methoxy groups -OCH3 is 1. The Morgan fingerprint density at radius 3 is 2.39 bits per heavy atom. The predicted molar refractivity (Wildman–Crippen MR) is 125 cm³/mol. The molecule has 1 saturated heterocycles. The highest BCUT2D eigenvalue weighted by atomic mass is 32.2. The zero-order valence-electron chi connectivity index (χ0n) is 18.3.